The van der Waals surface area contributed by atoms with Crippen LogP contribution in [0.2, 0.25) is 5.15 Å². The zero-order valence-corrected chi connectivity index (χ0v) is 10.6. The monoisotopic (exact) mass is 214 g/mol. The first-order valence-electron chi connectivity index (χ1n) is 4.88. The highest BCUT2D eigenvalue weighted by atomic mass is 35.5. The van der Waals surface area contributed by atoms with Gasteiger partial charge in [-0.05, 0) is 20.8 Å². The zero-order chi connectivity index (χ0) is 11.1. The fourth-order valence-corrected chi connectivity index (χ4v) is 1.88. The first kappa shape index (κ1) is 11.6. The summed E-state index contributed by atoms with van der Waals surface area (Å²) in [5.74, 6) is 1.04. The quantitative estimate of drug-likeness (QED) is 0.646. The van der Waals surface area contributed by atoms with Crippen molar-refractivity contribution in [2.24, 2.45) is 0 Å². The molecule has 0 N–H and O–H groups in total. The molecule has 14 heavy (non-hydrogen) atoms. The van der Waals surface area contributed by atoms with Crippen molar-refractivity contribution in [2.75, 3.05) is 0 Å². The van der Waals surface area contributed by atoms with Crippen LogP contribution in [0, 0.1) is 0 Å². The molecule has 0 spiro atoms. The number of imidazole rings is 1. The average molecular weight is 215 g/mol. The fourth-order valence-electron chi connectivity index (χ4n) is 1.50. The highest BCUT2D eigenvalue weighted by Gasteiger charge is 2.27. The van der Waals surface area contributed by atoms with Crippen LogP contribution in [-0.4, -0.2) is 9.55 Å². The molecule has 0 bridgehead atoms. The number of nitrogens with zero attached hydrogens (tertiary/aromatic N) is 2. The van der Waals surface area contributed by atoms with E-state index >= 15 is 0 Å². The van der Waals surface area contributed by atoms with E-state index in [0.29, 0.717) is 5.15 Å². The summed E-state index contributed by atoms with van der Waals surface area (Å²) in [5, 5.41) is 0.711. The van der Waals surface area contributed by atoms with E-state index in [-0.39, 0.29) is 11.0 Å². The molecule has 3 heteroatoms. The van der Waals surface area contributed by atoms with Gasteiger partial charge in [0.1, 0.15) is 11.0 Å². The molecule has 0 aliphatic heterocycles. The molecule has 1 heterocycles. The Morgan fingerprint density at radius 2 is 1.64 bits per heavy atom. The van der Waals surface area contributed by atoms with Gasteiger partial charge in [-0.25, -0.2) is 4.98 Å². The van der Waals surface area contributed by atoms with Gasteiger partial charge in [0.25, 0.3) is 0 Å². The first-order valence-corrected chi connectivity index (χ1v) is 5.26. The summed E-state index contributed by atoms with van der Waals surface area (Å²) in [6.07, 6.45) is 1.73. The maximum Gasteiger partial charge on any atom is 0.129 e. The molecule has 0 atom stereocenters. The van der Waals surface area contributed by atoms with Gasteiger partial charge < -0.3 is 4.57 Å². The molecule has 1 aromatic heterocycles. The highest BCUT2D eigenvalue weighted by molar-refractivity contribution is 6.29. The van der Waals surface area contributed by atoms with Crippen LogP contribution in [-0.2, 0) is 11.0 Å². The first-order chi connectivity index (χ1) is 6.14. The molecule has 0 aliphatic carbocycles. The number of rotatable bonds is 0. The third kappa shape index (κ3) is 2.11. The van der Waals surface area contributed by atoms with Crippen LogP contribution >= 0.6 is 11.6 Å². The van der Waals surface area contributed by atoms with E-state index in [4.69, 9.17) is 11.6 Å². The summed E-state index contributed by atoms with van der Waals surface area (Å²) in [7, 11) is 0. The van der Waals surface area contributed by atoms with Gasteiger partial charge >= 0.3 is 0 Å². The molecule has 0 amide bonds. The Kier molecular flexibility index (Phi) is 2.70. The highest BCUT2D eigenvalue weighted by Crippen LogP contribution is 2.30. The van der Waals surface area contributed by atoms with Crippen molar-refractivity contribution in [3.05, 3.63) is 17.2 Å². The van der Waals surface area contributed by atoms with Gasteiger partial charge in [-0.15, -0.1) is 0 Å². The molecule has 0 fully saturated rings. The van der Waals surface area contributed by atoms with Crippen molar-refractivity contribution in [3.63, 3.8) is 0 Å². The predicted octanol–water partition coefficient (Wildman–Crippen LogP) is 3.59. The molecule has 1 aromatic rings. The van der Waals surface area contributed by atoms with Crippen LogP contribution in [0.3, 0.4) is 0 Å². The maximum absolute atomic E-state index is 6.14. The average Bonchev–Trinajstić information content (AvgIpc) is 2.27. The van der Waals surface area contributed by atoms with Crippen molar-refractivity contribution < 1.29 is 0 Å². The molecule has 0 aliphatic rings. The molecular formula is C11H19ClN2. The van der Waals surface area contributed by atoms with Gasteiger partial charge in [-0.3, -0.25) is 0 Å². The Hall–Kier alpha value is -0.500. The lowest BCUT2D eigenvalue weighted by atomic mass is 9.94. The normalized spacial score (nSPS) is 13.4. The Morgan fingerprint density at radius 3 is 1.93 bits per heavy atom. The van der Waals surface area contributed by atoms with Crippen molar-refractivity contribution >= 4 is 11.6 Å². The van der Waals surface area contributed by atoms with E-state index in [0.717, 1.165) is 5.82 Å². The van der Waals surface area contributed by atoms with Crippen molar-refractivity contribution in [1.29, 1.82) is 0 Å². The number of aromatic nitrogens is 2. The SMILES string of the molecule is CC(C)(C)c1ncc(Cl)n1C(C)(C)C. The lowest BCUT2D eigenvalue weighted by Gasteiger charge is -2.29. The van der Waals surface area contributed by atoms with E-state index in [1.165, 1.54) is 0 Å². The lowest BCUT2D eigenvalue weighted by Crippen LogP contribution is -2.29. The van der Waals surface area contributed by atoms with E-state index in [9.17, 15) is 0 Å². The van der Waals surface area contributed by atoms with Gasteiger partial charge in [0.05, 0.1) is 6.20 Å². The standard InChI is InChI=1S/C11H19ClN2/c1-10(2,3)9-13-7-8(12)14(9)11(4,5)6/h7H,1-6H3. The minimum Gasteiger partial charge on any atom is -0.313 e. The number of halogens is 1. The summed E-state index contributed by atoms with van der Waals surface area (Å²) in [6.45, 7) is 12.8. The lowest BCUT2D eigenvalue weighted by molar-refractivity contribution is 0.354. The second kappa shape index (κ2) is 3.27. The maximum atomic E-state index is 6.14. The van der Waals surface area contributed by atoms with Crippen LogP contribution in [0.4, 0.5) is 0 Å². The summed E-state index contributed by atoms with van der Waals surface area (Å²) in [5.41, 5.74) is 0.0105. The molecule has 0 saturated heterocycles. The third-order valence-corrected chi connectivity index (χ3v) is 2.33. The Labute approximate surface area is 91.3 Å². The molecular weight excluding hydrogens is 196 g/mol. The van der Waals surface area contributed by atoms with E-state index in [1.54, 1.807) is 6.20 Å². The molecule has 1 rings (SSSR count). The molecule has 0 saturated carbocycles. The van der Waals surface area contributed by atoms with E-state index in [2.05, 4.69) is 51.1 Å². The second-order valence-corrected chi connectivity index (χ2v) is 6.05. The van der Waals surface area contributed by atoms with Gasteiger partial charge in [0, 0.05) is 11.0 Å². The number of hydrogen-bond donors (Lipinski definition) is 0. The van der Waals surface area contributed by atoms with Crippen LogP contribution in [0.25, 0.3) is 0 Å². The second-order valence-electron chi connectivity index (χ2n) is 5.66. The molecule has 0 aromatic carbocycles. The van der Waals surface area contributed by atoms with Gasteiger partial charge in [-0.2, -0.15) is 0 Å². The molecule has 0 unspecified atom stereocenters. The fraction of sp³-hybridized carbons (Fsp3) is 0.727. The minimum absolute atomic E-state index is 0.0177. The predicted molar refractivity (Wildman–Crippen MR) is 60.9 cm³/mol. The Morgan fingerprint density at radius 1 is 1.14 bits per heavy atom. The van der Waals surface area contributed by atoms with Crippen LogP contribution in [0.1, 0.15) is 47.4 Å². The summed E-state index contributed by atoms with van der Waals surface area (Å²) >= 11 is 6.14. The van der Waals surface area contributed by atoms with E-state index in [1.807, 2.05) is 0 Å². The number of hydrogen-bond acceptors (Lipinski definition) is 1. The summed E-state index contributed by atoms with van der Waals surface area (Å²) in [6, 6.07) is 0. The molecule has 80 valence electrons. The van der Waals surface area contributed by atoms with Crippen LogP contribution in [0.5, 0.6) is 0 Å². The van der Waals surface area contributed by atoms with Gasteiger partial charge in [0.15, 0.2) is 0 Å². The third-order valence-electron chi connectivity index (χ3n) is 2.06. The summed E-state index contributed by atoms with van der Waals surface area (Å²) in [4.78, 5) is 4.38. The molecule has 0 radical (unpaired) electrons. The summed E-state index contributed by atoms with van der Waals surface area (Å²) < 4.78 is 2.09. The van der Waals surface area contributed by atoms with E-state index < -0.39 is 0 Å². The smallest absolute Gasteiger partial charge is 0.129 e. The van der Waals surface area contributed by atoms with Gasteiger partial charge in [-0.1, -0.05) is 32.4 Å². The van der Waals surface area contributed by atoms with Crippen LogP contribution in [0.15, 0.2) is 6.20 Å². The van der Waals surface area contributed by atoms with Crippen molar-refractivity contribution in [1.82, 2.24) is 9.55 Å². The van der Waals surface area contributed by atoms with Crippen molar-refractivity contribution in [2.45, 2.75) is 52.5 Å². The largest absolute Gasteiger partial charge is 0.313 e. The zero-order valence-electron chi connectivity index (χ0n) is 9.85. The Bertz CT molecular complexity index is 326. The molecule has 2 nitrogen and oxygen atoms in total. The van der Waals surface area contributed by atoms with Gasteiger partial charge in [0.2, 0.25) is 0 Å². The van der Waals surface area contributed by atoms with Crippen molar-refractivity contribution in [3.8, 4) is 0 Å². The Balaban J connectivity index is 3.35. The minimum atomic E-state index is -0.0177. The topological polar surface area (TPSA) is 17.8 Å². The van der Waals surface area contributed by atoms with Crippen LogP contribution < -0.4 is 0 Å².